The Hall–Kier alpha value is -3.04. The van der Waals surface area contributed by atoms with Crippen molar-refractivity contribution < 1.29 is 23.9 Å². The average Bonchev–Trinajstić information content (AvgIpc) is 3.16. The van der Waals surface area contributed by atoms with Crippen molar-refractivity contribution in [3.05, 3.63) is 48.5 Å². The van der Waals surface area contributed by atoms with Gasteiger partial charge in [0.05, 0.1) is 12.5 Å². The van der Waals surface area contributed by atoms with E-state index in [1.807, 2.05) is 30.5 Å². The van der Waals surface area contributed by atoms with Crippen LogP contribution in [0.2, 0.25) is 0 Å². The fourth-order valence-electron chi connectivity index (χ4n) is 3.19. The molecule has 0 saturated carbocycles. The van der Waals surface area contributed by atoms with Gasteiger partial charge in [-0.2, -0.15) is 0 Å². The smallest absolute Gasteiger partial charge is 0.411 e. The zero-order chi connectivity index (χ0) is 22.2. The molecular weight excluding hydrogens is 418 g/mol. The SMILES string of the molecule is COCCOC(=O)Nc1cccc(NC(=O)C2CC(=O)N(c3ccc(SC)cc3)C2)c1. The highest BCUT2D eigenvalue weighted by Crippen LogP contribution is 2.28. The van der Waals surface area contributed by atoms with Gasteiger partial charge in [0.2, 0.25) is 11.8 Å². The first-order valence-electron chi connectivity index (χ1n) is 9.78. The van der Waals surface area contributed by atoms with E-state index in [0.717, 1.165) is 10.6 Å². The number of rotatable bonds is 8. The predicted octanol–water partition coefficient (Wildman–Crippen LogP) is 3.60. The standard InChI is InChI=1S/C22H25N3O5S/c1-29-10-11-30-22(28)24-17-5-3-4-16(13-17)23-21(27)15-12-20(26)25(14-15)18-6-8-19(31-2)9-7-18/h3-9,13,15H,10-12,14H2,1-2H3,(H,23,27)(H,24,28). The second-order valence-corrected chi connectivity index (χ2v) is 7.81. The first-order chi connectivity index (χ1) is 15.0. The molecule has 1 aliphatic rings. The second kappa shape index (κ2) is 10.8. The highest BCUT2D eigenvalue weighted by Gasteiger charge is 2.35. The summed E-state index contributed by atoms with van der Waals surface area (Å²) in [6, 6.07) is 14.4. The summed E-state index contributed by atoms with van der Waals surface area (Å²) in [7, 11) is 1.52. The molecule has 1 unspecified atom stereocenters. The van der Waals surface area contributed by atoms with Crippen LogP contribution in [0, 0.1) is 5.92 Å². The van der Waals surface area contributed by atoms with E-state index in [1.54, 1.807) is 40.9 Å². The largest absolute Gasteiger partial charge is 0.447 e. The van der Waals surface area contributed by atoms with Gasteiger partial charge in [-0.15, -0.1) is 11.8 Å². The van der Waals surface area contributed by atoms with Crippen LogP contribution in [0.3, 0.4) is 0 Å². The van der Waals surface area contributed by atoms with E-state index < -0.39 is 12.0 Å². The van der Waals surface area contributed by atoms with Crippen LogP contribution in [0.25, 0.3) is 0 Å². The number of amides is 3. The lowest BCUT2D eigenvalue weighted by molar-refractivity contribution is -0.122. The normalized spacial score (nSPS) is 15.6. The maximum atomic E-state index is 12.7. The molecular formula is C22H25N3O5S. The Labute approximate surface area is 185 Å². The number of thioether (sulfide) groups is 1. The van der Waals surface area contributed by atoms with Crippen LogP contribution in [-0.2, 0) is 19.1 Å². The van der Waals surface area contributed by atoms with Crippen molar-refractivity contribution in [3.63, 3.8) is 0 Å². The highest BCUT2D eigenvalue weighted by atomic mass is 32.2. The molecule has 1 aliphatic heterocycles. The lowest BCUT2D eigenvalue weighted by atomic mass is 10.1. The van der Waals surface area contributed by atoms with Crippen LogP contribution in [-0.4, -0.2) is 51.0 Å². The van der Waals surface area contributed by atoms with Gasteiger partial charge in [0.25, 0.3) is 0 Å². The Balaban J connectivity index is 1.57. The van der Waals surface area contributed by atoms with Crippen molar-refractivity contribution in [1.82, 2.24) is 0 Å². The molecule has 1 heterocycles. The van der Waals surface area contributed by atoms with E-state index in [9.17, 15) is 14.4 Å². The molecule has 0 bridgehead atoms. The maximum Gasteiger partial charge on any atom is 0.411 e. The van der Waals surface area contributed by atoms with Crippen LogP contribution in [0.15, 0.2) is 53.4 Å². The van der Waals surface area contributed by atoms with Crippen LogP contribution in [0.1, 0.15) is 6.42 Å². The number of benzene rings is 2. The Morgan fingerprint density at radius 3 is 2.48 bits per heavy atom. The average molecular weight is 444 g/mol. The summed E-state index contributed by atoms with van der Waals surface area (Å²) in [5.74, 6) is -0.772. The summed E-state index contributed by atoms with van der Waals surface area (Å²) in [5.41, 5.74) is 1.80. The Kier molecular flexibility index (Phi) is 7.91. The molecule has 8 nitrogen and oxygen atoms in total. The summed E-state index contributed by atoms with van der Waals surface area (Å²) in [6.07, 6.45) is 1.54. The maximum absolute atomic E-state index is 12.7. The summed E-state index contributed by atoms with van der Waals surface area (Å²) < 4.78 is 9.79. The molecule has 2 N–H and O–H groups in total. The third-order valence-corrected chi connectivity index (χ3v) is 5.52. The van der Waals surface area contributed by atoms with Gasteiger partial charge in [0.1, 0.15) is 6.61 Å². The third-order valence-electron chi connectivity index (χ3n) is 4.78. The number of hydrogen-bond donors (Lipinski definition) is 2. The summed E-state index contributed by atoms with van der Waals surface area (Å²) in [6.45, 7) is 0.778. The van der Waals surface area contributed by atoms with Crippen molar-refractivity contribution >= 4 is 46.7 Å². The quantitative estimate of drug-likeness (QED) is 0.478. The minimum Gasteiger partial charge on any atom is -0.447 e. The van der Waals surface area contributed by atoms with Gasteiger partial charge in [0.15, 0.2) is 0 Å². The number of ether oxygens (including phenoxy) is 2. The van der Waals surface area contributed by atoms with Crippen LogP contribution in [0.5, 0.6) is 0 Å². The first kappa shape index (κ1) is 22.6. The zero-order valence-corrected chi connectivity index (χ0v) is 18.2. The van der Waals surface area contributed by atoms with Gasteiger partial charge in [0, 0.05) is 42.0 Å². The van der Waals surface area contributed by atoms with Gasteiger partial charge >= 0.3 is 6.09 Å². The molecule has 0 spiro atoms. The number of nitrogens with one attached hydrogen (secondary N) is 2. The van der Waals surface area contributed by atoms with Crippen molar-refractivity contribution in [3.8, 4) is 0 Å². The molecule has 0 radical (unpaired) electrons. The topological polar surface area (TPSA) is 97.0 Å². The Morgan fingerprint density at radius 1 is 1.10 bits per heavy atom. The second-order valence-electron chi connectivity index (χ2n) is 6.93. The minimum absolute atomic E-state index is 0.0775. The van der Waals surface area contributed by atoms with Gasteiger partial charge in [-0.1, -0.05) is 6.07 Å². The first-order valence-corrected chi connectivity index (χ1v) is 11.0. The third kappa shape index (κ3) is 6.22. The van der Waals surface area contributed by atoms with Gasteiger partial charge < -0.3 is 19.7 Å². The minimum atomic E-state index is -0.606. The lowest BCUT2D eigenvalue weighted by Crippen LogP contribution is -2.28. The number of hydrogen-bond acceptors (Lipinski definition) is 6. The van der Waals surface area contributed by atoms with Crippen molar-refractivity contribution in [1.29, 1.82) is 0 Å². The Morgan fingerprint density at radius 2 is 1.81 bits per heavy atom. The fraction of sp³-hybridized carbons (Fsp3) is 0.318. The molecule has 2 aromatic rings. The molecule has 1 fully saturated rings. The molecule has 1 saturated heterocycles. The summed E-state index contributed by atoms with van der Waals surface area (Å²) in [5, 5.41) is 5.42. The summed E-state index contributed by atoms with van der Waals surface area (Å²) >= 11 is 1.63. The number of carbonyl (C=O) groups excluding carboxylic acids is 3. The van der Waals surface area contributed by atoms with Crippen LogP contribution >= 0.6 is 11.8 Å². The van der Waals surface area contributed by atoms with Crippen molar-refractivity contribution in [2.24, 2.45) is 5.92 Å². The molecule has 1 atom stereocenters. The van der Waals surface area contributed by atoms with E-state index in [1.165, 1.54) is 7.11 Å². The number of carbonyl (C=O) groups is 3. The Bertz CT molecular complexity index is 935. The molecule has 2 aromatic carbocycles. The van der Waals surface area contributed by atoms with E-state index in [2.05, 4.69) is 10.6 Å². The van der Waals surface area contributed by atoms with Crippen molar-refractivity contribution in [2.75, 3.05) is 48.7 Å². The molecule has 0 aliphatic carbocycles. The van der Waals surface area contributed by atoms with Crippen LogP contribution in [0.4, 0.5) is 21.9 Å². The molecule has 0 aromatic heterocycles. The van der Waals surface area contributed by atoms with Gasteiger partial charge in [-0.3, -0.25) is 14.9 Å². The monoisotopic (exact) mass is 443 g/mol. The number of nitrogens with zero attached hydrogens (tertiary/aromatic N) is 1. The van der Waals surface area contributed by atoms with Crippen molar-refractivity contribution in [2.45, 2.75) is 11.3 Å². The molecule has 164 valence electrons. The molecule has 3 rings (SSSR count). The van der Waals surface area contributed by atoms with E-state index in [-0.39, 0.29) is 24.8 Å². The van der Waals surface area contributed by atoms with E-state index in [4.69, 9.17) is 9.47 Å². The van der Waals surface area contributed by atoms with Gasteiger partial charge in [-0.05, 0) is 48.7 Å². The highest BCUT2D eigenvalue weighted by molar-refractivity contribution is 7.98. The van der Waals surface area contributed by atoms with Crippen LogP contribution < -0.4 is 15.5 Å². The predicted molar refractivity (Wildman–Crippen MR) is 121 cm³/mol. The molecule has 3 amide bonds. The number of anilines is 3. The van der Waals surface area contributed by atoms with E-state index >= 15 is 0 Å². The summed E-state index contributed by atoms with van der Waals surface area (Å²) in [4.78, 5) is 39.7. The van der Waals surface area contributed by atoms with Gasteiger partial charge in [-0.25, -0.2) is 4.79 Å². The lowest BCUT2D eigenvalue weighted by Gasteiger charge is -2.17. The number of methoxy groups -OCH3 is 1. The molecule has 31 heavy (non-hydrogen) atoms. The fourth-order valence-corrected chi connectivity index (χ4v) is 3.59. The molecule has 9 heteroatoms. The zero-order valence-electron chi connectivity index (χ0n) is 17.4. The van der Waals surface area contributed by atoms with E-state index in [0.29, 0.717) is 24.5 Å².